The molecule has 2 aliphatic rings. The van der Waals surface area contributed by atoms with Crippen molar-refractivity contribution in [3.05, 3.63) is 33.7 Å². The van der Waals surface area contributed by atoms with Gasteiger partial charge in [-0.3, -0.25) is 14.6 Å². The fourth-order valence-electron chi connectivity index (χ4n) is 3.40. The molecule has 0 bridgehead atoms. The fraction of sp³-hybridized carbons (Fsp3) is 0.467. The summed E-state index contributed by atoms with van der Waals surface area (Å²) in [4.78, 5) is 18.2. The van der Waals surface area contributed by atoms with E-state index in [9.17, 15) is 4.79 Å². The lowest BCUT2D eigenvalue weighted by Gasteiger charge is -2.27. The molecule has 4 heterocycles. The van der Waals surface area contributed by atoms with Crippen molar-refractivity contribution < 1.29 is 9.32 Å². The van der Waals surface area contributed by atoms with Crippen molar-refractivity contribution in [1.29, 1.82) is 0 Å². The van der Waals surface area contributed by atoms with E-state index in [1.165, 1.54) is 10.4 Å². The third kappa shape index (κ3) is 1.86. The van der Waals surface area contributed by atoms with Crippen LogP contribution in [0.25, 0.3) is 0 Å². The number of hydrogen-bond donors (Lipinski definition) is 0. The molecule has 1 amide bonds. The lowest BCUT2D eigenvalue weighted by molar-refractivity contribution is -0.119. The van der Waals surface area contributed by atoms with E-state index in [0.29, 0.717) is 5.82 Å². The second kappa shape index (κ2) is 4.68. The van der Waals surface area contributed by atoms with E-state index in [2.05, 4.69) is 28.4 Å². The average molecular weight is 303 g/mol. The van der Waals surface area contributed by atoms with Gasteiger partial charge in [0.15, 0.2) is 5.82 Å². The first kappa shape index (κ1) is 13.0. The number of carbonyl (C=O) groups is 1. The molecule has 6 heteroatoms. The van der Waals surface area contributed by atoms with Gasteiger partial charge in [0.05, 0.1) is 6.04 Å². The molecule has 4 rings (SSSR count). The Morgan fingerprint density at radius 3 is 2.95 bits per heavy atom. The van der Waals surface area contributed by atoms with Gasteiger partial charge in [-0.25, -0.2) is 0 Å². The van der Waals surface area contributed by atoms with Crippen LogP contribution in [0, 0.1) is 13.8 Å². The maximum absolute atomic E-state index is 12.8. The first-order valence-electron chi connectivity index (χ1n) is 7.23. The minimum atomic E-state index is -0.0329. The molecule has 0 aliphatic carbocycles. The molecule has 0 unspecified atom stereocenters. The smallest absolute Gasteiger partial charge is 0.247 e. The molecule has 2 aromatic rings. The molecule has 2 atom stereocenters. The Bertz CT molecular complexity index is 693. The molecule has 2 aromatic heterocycles. The van der Waals surface area contributed by atoms with Crippen LogP contribution in [0.1, 0.15) is 35.2 Å². The topological polar surface area (TPSA) is 49.6 Å². The summed E-state index contributed by atoms with van der Waals surface area (Å²) in [5, 5.41) is 6.16. The second-order valence-corrected chi connectivity index (χ2v) is 6.69. The lowest BCUT2D eigenvalue weighted by Crippen LogP contribution is -2.32. The van der Waals surface area contributed by atoms with Crippen LogP contribution in [0.2, 0.25) is 0 Å². The average Bonchev–Trinajstić information content (AvgIpc) is 3.18. The highest BCUT2D eigenvalue weighted by Gasteiger charge is 2.50. The largest absolute Gasteiger partial charge is 0.360 e. The van der Waals surface area contributed by atoms with Gasteiger partial charge < -0.3 is 4.52 Å². The number of aromatic nitrogens is 1. The Morgan fingerprint density at radius 2 is 2.29 bits per heavy atom. The Hall–Kier alpha value is -1.66. The third-order valence-corrected chi connectivity index (χ3v) is 5.43. The number of carbonyl (C=O) groups excluding carboxylic acids is 1. The van der Waals surface area contributed by atoms with Crippen LogP contribution in [0.4, 0.5) is 5.82 Å². The summed E-state index contributed by atoms with van der Waals surface area (Å²) >= 11 is 1.71. The summed E-state index contributed by atoms with van der Waals surface area (Å²) in [5.41, 5.74) is 1.23. The van der Waals surface area contributed by atoms with E-state index in [1.807, 2.05) is 17.9 Å². The molecule has 0 radical (unpaired) electrons. The number of anilines is 1. The van der Waals surface area contributed by atoms with Gasteiger partial charge in [0.2, 0.25) is 5.91 Å². The minimum absolute atomic E-state index is 0.00601. The summed E-state index contributed by atoms with van der Waals surface area (Å²) in [7, 11) is 0. The van der Waals surface area contributed by atoms with E-state index in [4.69, 9.17) is 4.52 Å². The number of nitrogens with zero attached hydrogens (tertiary/aromatic N) is 3. The zero-order valence-electron chi connectivity index (χ0n) is 12.1. The van der Waals surface area contributed by atoms with E-state index >= 15 is 0 Å². The summed E-state index contributed by atoms with van der Waals surface area (Å²) in [6, 6.07) is 3.95. The monoisotopic (exact) mass is 303 g/mol. The van der Waals surface area contributed by atoms with Crippen LogP contribution < -0.4 is 4.90 Å². The van der Waals surface area contributed by atoms with Crippen LogP contribution >= 0.6 is 11.3 Å². The molecular formula is C15H17N3O2S. The minimum Gasteiger partial charge on any atom is -0.360 e. The molecule has 110 valence electrons. The molecule has 2 saturated heterocycles. The van der Waals surface area contributed by atoms with Gasteiger partial charge >= 0.3 is 0 Å². The summed E-state index contributed by atoms with van der Waals surface area (Å²) in [6.45, 7) is 4.92. The van der Waals surface area contributed by atoms with Crippen LogP contribution in [0.5, 0.6) is 0 Å². The molecule has 0 saturated carbocycles. The van der Waals surface area contributed by atoms with Crippen LogP contribution in [-0.2, 0) is 4.79 Å². The summed E-state index contributed by atoms with van der Waals surface area (Å²) in [5.74, 6) is 1.51. The van der Waals surface area contributed by atoms with E-state index in [0.717, 1.165) is 25.1 Å². The van der Waals surface area contributed by atoms with E-state index in [-0.39, 0.29) is 18.1 Å². The van der Waals surface area contributed by atoms with Crippen molar-refractivity contribution in [3.8, 4) is 0 Å². The summed E-state index contributed by atoms with van der Waals surface area (Å²) < 4.78 is 5.18. The first-order valence-corrected chi connectivity index (χ1v) is 8.11. The Morgan fingerprint density at radius 1 is 1.43 bits per heavy atom. The molecular weight excluding hydrogens is 286 g/mol. The van der Waals surface area contributed by atoms with Gasteiger partial charge in [-0.2, -0.15) is 0 Å². The predicted molar refractivity (Wildman–Crippen MR) is 80.3 cm³/mol. The fourth-order valence-corrected chi connectivity index (χ4v) is 4.43. The van der Waals surface area contributed by atoms with E-state index in [1.54, 1.807) is 11.3 Å². The van der Waals surface area contributed by atoms with Gasteiger partial charge in [-0.15, -0.1) is 11.3 Å². The molecule has 2 aliphatic heterocycles. The van der Waals surface area contributed by atoms with Crippen LogP contribution in [0.15, 0.2) is 22.0 Å². The molecule has 0 aromatic carbocycles. The van der Waals surface area contributed by atoms with Crippen LogP contribution in [-0.4, -0.2) is 28.6 Å². The van der Waals surface area contributed by atoms with Crippen LogP contribution in [0.3, 0.4) is 0 Å². The van der Waals surface area contributed by atoms with Crippen molar-refractivity contribution >= 4 is 23.1 Å². The van der Waals surface area contributed by atoms with Crippen molar-refractivity contribution in [1.82, 2.24) is 10.1 Å². The second-order valence-electron chi connectivity index (χ2n) is 5.74. The highest BCUT2D eigenvalue weighted by atomic mass is 32.1. The zero-order valence-corrected chi connectivity index (χ0v) is 12.9. The van der Waals surface area contributed by atoms with Crippen molar-refractivity contribution in [3.63, 3.8) is 0 Å². The van der Waals surface area contributed by atoms with Gasteiger partial charge in [-0.1, -0.05) is 5.16 Å². The Balaban J connectivity index is 1.82. The number of hydrogen-bond acceptors (Lipinski definition) is 5. The third-order valence-electron chi connectivity index (χ3n) is 4.37. The van der Waals surface area contributed by atoms with Gasteiger partial charge in [0.25, 0.3) is 0 Å². The number of rotatable bonds is 2. The van der Waals surface area contributed by atoms with Gasteiger partial charge in [-0.05, 0) is 43.7 Å². The molecule has 21 heavy (non-hydrogen) atoms. The van der Waals surface area contributed by atoms with E-state index < -0.39 is 0 Å². The quantitative estimate of drug-likeness (QED) is 0.856. The number of thiophene rings is 1. The van der Waals surface area contributed by atoms with Crippen molar-refractivity contribution in [2.75, 3.05) is 11.4 Å². The maximum atomic E-state index is 12.8. The number of fused-ring (bicyclic) bond motifs is 1. The van der Waals surface area contributed by atoms with Crippen molar-refractivity contribution in [2.45, 2.75) is 38.9 Å². The number of amides is 1. The predicted octanol–water partition coefficient (Wildman–Crippen LogP) is 2.86. The standard InChI is InChI=1S/C15H17N3O2S/c1-9-5-7-21-13(9)14-17-6-3-4-11(17)15(19)18(14)12-8-10(2)20-16-12/h5,7-8,11,14H,3-4,6H2,1-2H3/t11-,14+/m0/s1. The highest BCUT2D eigenvalue weighted by Crippen LogP contribution is 2.44. The highest BCUT2D eigenvalue weighted by molar-refractivity contribution is 7.10. The van der Waals surface area contributed by atoms with Gasteiger partial charge in [0, 0.05) is 17.5 Å². The SMILES string of the molecule is Cc1cc(N2C(=O)[C@@H]3CCCN3[C@H]2c2sccc2C)no1. The Kier molecular flexibility index (Phi) is 2.90. The summed E-state index contributed by atoms with van der Waals surface area (Å²) in [6.07, 6.45) is 1.99. The maximum Gasteiger partial charge on any atom is 0.247 e. The first-order chi connectivity index (χ1) is 10.2. The van der Waals surface area contributed by atoms with Gasteiger partial charge in [0.1, 0.15) is 11.9 Å². The zero-order chi connectivity index (χ0) is 14.6. The van der Waals surface area contributed by atoms with Crippen molar-refractivity contribution in [2.24, 2.45) is 0 Å². The number of aryl methyl sites for hydroxylation is 2. The molecule has 0 N–H and O–H groups in total. The Labute approximate surface area is 127 Å². The molecule has 2 fully saturated rings. The normalized spacial score (nSPS) is 25.8. The lowest BCUT2D eigenvalue weighted by atomic mass is 10.2. The molecule has 5 nitrogen and oxygen atoms in total. The molecule has 0 spiro atoms.